The number of nitrogens with two attached hydrogens (primary N) is 1. The average molecular weight is 505 g/mol. The molecule has 3 aromatic rings. The van der Waals surface area contributed by atoms with Crippen molar-refractivity contribution in [2.24, 2.45) is 5.92 Å². The molecular weight excluding hydrogens is 484 g/mol. The standard InChI is InChI=1S/C20H21BrN6O3S/c21-13-6-14-15(30-11-29-14)7-16(13)31-20-25-17-18(22)23-9-24-19(17)27(20)5-3-12-2-1-4-26(8-12)10-28/h6-7,9-10,12H,1-5,8,11H2,(H2,22,23,24)/t12-/m1/s1. The molecule has 0 spiro atoms. The van der Waals surface area contributed by atoms with E-state index >= 15 is 0 Å². The minimum absolute atomic E-state index is 0.222. The van der Waals surface area contributed by atoms with Gasteiger partial charge in [0.2, 0.25) is 13.2 Å². The molecule has 4 heterocycles. The Morgan fingerprint density at radius 1 is 1.29 bits per heavy atom. The summed E-state index contributed by atoms with van der Waals surface area (Å²) in [4.78, 5) is 27.3. The van der Waals surface area contributed by atoms with Gasteiger partial charge in [0.05, 0.1) is 0 Å². The second kappa shape index (κ2) is 8.54. The first-order valence-corrected chi connectivity index (χ1v) is 11.7. The summed E-state index contributed by atoms with van der Waals surface area (Å²) >= 11 is 5.13. The summed E-state index contributed by atoms with van der Waals surface area (Å²) in [6.07, 6.45) is 5.50. The number of amides is 1. The van der Waals surface area contributed by atoms with E-state index in [0.717, 1.165) is 71.2 Å². The summed E-state index contributed by atoms with van der Waals surface area (Å²) in [7, 11) is 0. The highest BCUT2D eigenvalue weighted by Crippen LogP contribution is 2.43. The predicted octanol–water partition coefficient (Wildman–Crippen LogP) is 3.31. The molecule has 1 aromatic carbocycles. The maximum Gasteiger partial charge on any atom is 0.231 e. The minimum atomic E-state index is 0.222. The van der Waals surface area contributed by atoms with Gasteiger partial charge in [0.15, 0.2) is 33.6 Å². The molecule has 1 atom stereocenters. The monoisotopic (exact) mass is 504 g/mol. The van der Waals surface area contributed by atoms with Crippen LogP contribution in [0.1, 0.15) is 19.3 Å². The number of benzene rings is 1. The number of rotatable bonds is 6. The molecule has 162 valence electrons. The van der Waals surface area contributed by atoms with E-state index in [2.05, 4.69) is 30.5 Å². The molecule has 1 amide bonds. The van der Waals surface area contributed by atoms with E-state index in [0.29, 0.717) is 23.0 Å². The van der Waals surface area contributed by atoms with Crippen LogP contribution in [0.3, 0.4) is 0 Å². The molecule has 1 fully saturated rings. The van der Waals surface area contributed by atoms with Crippen LogP contribution in [0.2, 0.25) is 0 Å². The van der Waals surface area contributed by atoms with Crippen molar-refractivity contribution >= 4 is 51.1 Å². The number of nitrogens with zero attached hydrogens (tertiary/aromatic N) is 5. The largest absolute Gasteiger partial charge is 0.454 e. The lowest BCUT2D eigenvalue weighted by Crippen LogP contribution is -2.34. The lowest BCUT2D eigenvalue weighted by atomic mass is 9.95. The average Bonchev–Trinajstić information content (AvgIpc) is 3.37. The number of carbonyl (C=O) groups excluding carboxylic acids is 1. The zero-order valence-corrected chi connectivity index (χ0v) is 19.1. The highest BCUT2D eigenvalue weighted by molar-refractivity contribution is 9.10. The summed E-state index contributed by atoms with van der Waals surface area (Å²) in [6, 6.07) is 3.85. The van der Waals surface area contributed by atoms with Gasteiger partial charge in [0.1, 0.15) is 6.33 Å². The Balaban J connectivity index is 1.45. The van der Waals surface area contributed by atoms with Crippen molar-refractivity contribution in [3.05, 3.63) is 22.9 Å². The van der Waals surface area contributed by atoms with Crippen LogP contribution in [0.4, 0.5) is 5.82 Å². The molecule has 0 unspecified atom stereocenters. The topological polar surface area (TPSA) is 108 Å². The molecule has 0 saturated carbocycles. The van der Waals surface area contributed by atoms with Gasteiger partial charge in [0.25, 0.3) is 0 Å². The van der Waals surface area contributed by atoms with Crippen molar-refractivity contribution in [3.63, 3.8) is 0 Å². The van der Waals surface area contributed by atoms with Gasteiger partial charge in [-0.05, 0) is 53.2 Å². The van der Waals surface area contributed by atoms with E-state index in [1.807, 2.05) is 17.0 Å². The van der Waals surface area contributed by atoms with Crippen LogP contribution in [0.15, 0.2) is 33.0 Å². The van der Waals surface area contributed by atoms with Crippen LogP contribution in [0.5, 0.6) is 11.5 Å². The molecule has 0 bridgehead atoms. The van der Waals surface area contributed by atoms with Crippen LogP contribution >= 0.6 is 27.7 Å². The number of anilines is 1. The summed E-state index contributed by atoms with van der Waals surface area (Å²) < 4.78 is 14.0. The van der Waals surface area contributed by atoms with Crippen molar-refractivity contribution in [2.45, 2.75) is 35.9 Å². The van der Waals surface area contributed by atoms with Crippen molar-refractivity contribution < 1.29 is 14.3 Å². The SMILES string of the molecule is Nc1ncnc2c1nc(Sc1cc3c(cc1Br)OCO3)n2CC[C@H]1CCCN(C=O)C1. The molecule has 2 aromatic heterocycles. The summed E-state index contributed by atoms with van der Waals surface area (Å²) in [5, 5.41) is 0.782. The van der Waals surface area contributed by atoms with Crippen molar-refractivity contribution in [1.82, 2.24) is 24.4 Å². The number of hydrogen-bond donors (Lipinski definition) is 1. The van der Waals surface area contributed by atoms with Gasteiger partial charge in [0, 0.05) is 29.0 Å². The fraction of sp³-hybridized carbons (Fsp3) is 0.400. The van der Waals surface area contributed by atoms with Crippen LogP contribution in [-0.2, 0) is 11.3 Å². The van der Waals surface area contributed by atoms with E-state index in [4.69, 9.17) is 20.2 Å². The molecule has 1 saturated heterocycles. The first-order valence-electron chi connectivity index (χ1n) is 10.1. The van der Waals surface area contributed by atoms with E-state index in [-0.39, 0.29) is 6.79 Å². The molecule has 9 nitrogen and oxygen atoms in total. The zero-order chi connectivity index (χ0) is 21.4. The minimum Gasteiger partial charge on any atom is -0.454 e. The van der Waals surface area contributed by atoms with Gasteiger partial charge in [-0.25, -0.2) is 15.0 Å². The fourth-order valence-corrected chi connectivity index (χ4v) is 5.54. The van der Waals surface area contributed by atoms with Crippen molar-refractivity contribution in [1.29, 1.82) is 0 Å². The Labute approximate surface area is 191 Å². The van der Waals surface area contributed by atoms with Gasteiger partial charge in [-0.15, -0.1) is 0 Å². The second-order valence-electron chi connectivity index (χ2n) is 7.61. The van der Waals surface area contributed by atoms with Gasteiger partial charge in [-0.1, -0.05) is 11.8 Å². The van der Waals surface area contributed by atoms with Crippen molar-refractivity contribution in [3.8, 4) is 11.5 Å². The van der Waals surface area contributed by atoms with Crippen LogP contribution in [0.25, 0.3) is 11.2 Å². The van der Waals surface area contributed by atoms with Crippen molar-refractivity contribution in [2.75, 3.05) is 25.6 Å². The third-order valence-corrected chi connectivity index (χ3v) is 7.58. The Kier molecular flexibility index (Phi) is 5.61. The van der Waals surface area contributed by atoms with Crippen LogP contribution < -0.4 is 15.2 Å². The van der Waals surface area contributed by atoms with E-state index in [1.54, 1.807) is 0 Å². The molecule has 5 rings (SSSR count). The number of fused-ring (bicyclic) bond motifs is 2. The molecule has 2 aliphatic rings. The molecular formula is C20H21BrN6O3S. The second-order valence-corrected chi connectivity index (χ2v) is 9.48. The Morgan fingerprint density at radius 3 is 2.97 bits per heavy atom. The normalized spacial score (nSPS) is 18.0. The number of halogens is 1. The molecule has 11 heteroatoms. The number of aryl methyl sites for hydroxylation is 1. The third kappa shape index (κ3) is 4.03. The Bertz CT molecular complexity index is 1140. The third-order valence-electron chi connectivity index (χ3n) is 5.61. The maximum atomic E-state index is 11.2. The van der Waals surface area contributed by atoms with E-state index < -0.39 is 0 Å². The zero-order valence-electron chi connectivity index (χ0n) is 16.7. The molecule has 0 radical (unpaired) electrons. The van der Waals surface area contributed by atoms with E-state index in [9.17, 15) is 4.79 Å². The number of hydrogen-bond acceptors (Lipinski definition) is 8. The summed E-state index contributed by atoms with van der Waals surface area (Å²) in [5.41, 5.74) is 7.40. The summed E-state index contributed by atoms with van der Waals surface area (Å²) in [5.74, 6) is 2.24. The fourth-order valence-electron chi connectivity index (χ4n) is 4.03. The first kappa shape index (κ1) is 20.4. The van der Waals surface area contributed by atoms with Gasteiger partial charge >= 0.3 is 0 Å². The molecule has 31 heavy (non-hydrogen) atoms. The number of carbonyl (C=O) groups is 1. The smallest absolute Gasteiger partial charge is 0.231 e. The number of ether oxygens (including phenoxy) is 2. The predicted molar refractivity (Wildman–Crippen MR) is 119 cm³/mol. The number of likely N-dealkylation sites (tertiary alicyclic amines) is 1. The number of aromatic nitrogens is 4. The Morgan fingerprint density at radius 2 is 2.13 bits per heavy atom. The van der Waals surface area contributed by atoms with Crippen LogP contribution in [-0.4, -0.2) is 50.7 Å². The van der Waals surface area contributed by atoms with E-state index in [1.165, 1.54) is 18.1 Å². The molecule has 2 aliphatic heterocycles. The highest BCUT2D eigenvalue weighted by Gasteiger charge is 2.23. The van der Waals surface area contributed by atoms with Gasteiger partial charge in [-0.2, -0.15) is 0 Å². The quantitative estimate of drug-likeness (QED) is 0.509. The number of nitrogen functional groups attached to an aromatic ring is 1. The lowest BCUT2D eigenvalue weighted by molar-refractivity contribution is -0.119. The number of piperidine rings is 1. The lowest BCUT2D eigenvalue weighted by Gasteiger charge is -2.30. The molecule has 2 N–H and O–H groups in total. The van der Waals surface area contributed by atoms with Crippen LogP contribution in [0, 0.1) is 5.92 Å². The Hall–Kier alpha value is -2.53. The summed E-state index contributed by atoms with van der Waals surface area (Å²) in [6.45, 7) is 2.59. The van der Waals surface area contributed by atoms with Gasteiger partial charge < -0.3 is 24.7 Å². The van der Waals surface area contributed by atoms with Gasteiger partial charge in [-0.3, -0.25) is 4.79 Å². The number of imidazole rings is 1. The highest BCUT2D eigenvalue weighted by atomic mass is 79.9. The first-order chi connectivity index (χ1) is 15.1. The molecule has 0 aliphatic carbocycles. The maximum absolute atomic E-state index is 11.2.